The second kappa shape index (κ2) is 8.08. The molecule has 26 heavy (non-hydrogen) atoms. The Morgan fingerprint density at radius 1 is 1.19 bits per heavy atom. The first-order valence-electron chi connectivity index (χ1n) is 8.84. The summed E-state index contributed by atoms with van der Waals surface area (Å²) in [6, 6.07) is 7.18. The average molecular weight is 355 g/mol. The monoisotopic (exact) mass is 355 g/mol. The summed E-state index contributed by atoms with van der Waals surface area (Å²) in [4.78, 5) is 19.2. The van der Waals surface area contributed by atoms with Gasteiger partial charge in [-0.1, -0.05) is 6.92 Å². The minimum Gasteiger partial charge on any atom is -0.493 e. The Morgan fingerprint density at radius 2 is 2.00 bits per heavy atom. The van der Waals surface area contributed by atoms with Crippen molar-refractivity contribution in [3.05, 3.63) is 42.2 Å². The first-order chi connectivity index (χ1) is 12.6. The number of anilines is 2. The van der Waals surface area contributed by atoms with E-state index in [0.29, 0.717) is 28.7 Å². The molecule has 0 aliphatic carbocycles. The van der Waals surface area contributed by atoms with Gasteiger partial charge in [0.1, 0.15) is 0 Å². The molecule has 0 spiro atoms. The predicted molar refractivity (Wildman–Crippen MR) is 102 cm³/mol. The molecule has 0 bridgehead atoms. The molecule has 2 heterocycles. The summed E-state index contributed by atoms with van der Waals surface area (Å²) in [5.41, 5.74) is 2.18. The van der Waals surface area contributed by atoms with Crippen molar-refractivity contribution in [3.63, 3.8) is 0 Å². The lowest BCUT2D eigenvalue weighted by Gasteiger charge is -2.32. The minimum atomic E-state index is -0.198. The lowest BCUT2D eigenvalue weighted by atomic mass is 10.00. The second-order valence-electron chi connectivity index (χ2n) is 6.65. The van der Waals surface area contributed by atoms with Crippen LogP contribution in [0.3, 0.4) is 0 Å². The molecule has 138 valence electrons. The number of carbonyl (C=O) groups excluding carboxylic acids is 1. The Bertz CT molecular complexity index is 779. The van der Waals surface area contributed by atoms with Gasteiger partial charge in [-0.3, -0.25) is 9.78 Å². The predicted octanol–water partition coefficient (Wildman–Crippen LogP) is 3.59. The van der Waals surface area contributed by atoms with Gasteiger partial charge in [-0.25, -0.2) is 0 Å². The van der Waals surface area contributed by atoms with Crippen molar-refractivity contribution in [1.29, 1.82) is 0 Å². The maximum absolute atomic E-state index is 12.6. The van der Waals surface area contributed by atoms with Gasteiger partial charge < -0.3 is 19.7 Å². The maximum Gasteiger partial charge on any atom is 0.257 e. The molecule has 0 radical (unpaired) electrons. The van der Waals surface area contributed by atoms with E-state index in [0.717, 1.165) is 18.8 Å². The number of methoxy groups -OCH3 is 2. The fraction of sp³-hybridized carbons (Fsp3) is 0.400. The van der Waals surface area contributed by atoms with Crippen LogP contribution < -0.4 is 19.7 Å². The lowest BCUT2D eigenvalue weighted by Crippen LogP contribution is -2.34. The van der Waals surface area contributed by atoms with Crippen LogP contribution in [0.5, 0.6) is 11.5 Å². The van der Waals surface area contributed by atoms with E-state index in [-0.39, 0.29) is 5.91 Å². The molecule has 1 amide bonds. The van der Waals surface area contributed by atoms with E-state index in [1.165, 1.54) is 12.8 Å². The fourth-order valence-corrected chi connectivity index (χ4v) is 3.27. The van der Waals surface area contributed by atoms with Gasteiger partial charge in [0.25, 0.3) is 5.91 Å². The molecule has 1 fully saturated rings. The van der Waals surface area contributed by atoms with E-state index in [4.69, 9.17) is 9.47 Å². The van der Waals surface area contributed by atoms with Crippen molar-refractivity contribution in [2.24, 2.45) is 5.92 Å². The zero-order chi connectivity index (χ0) is 18.5. The molecular formula is C20H25N3O3. The van der Waals surface area contributed by atoms with Gasteiger partial charge in [0.2, 0.25) is 0 Å². The molecule has 1 saturated heterocycles. The molecule has 3 rings (SSSR count). The summed E-state index contributed by atoms with van der Waals surface area (Å²) in [7, 11) is 3.14. The van der Waals surface area contributed by atoms with Crippen LogP contribution in [-0.2, 0) is 0 Å². The number of hydrogen-bond donors (Lipinski definition) is 1. The van der Waals surface area contributed by atoms with Crippen LogP contribution in [0.25, 0.3) is 0 Å². The van der Waals surface area contributed by atoms with E-state index in [1.807, 2.05) is 12.3 Å². The van der Waals surface area contributed by atoms with Gasteiger partial charge in [-0.05, 0) is 37.0 Å². The molecule has 6 heteroatoms. The van der Waals surface area contributed by atoms with E-state index in [2.05, 4.69) is 22.1 Å². The molecular weight excluding hydrogens is 330 g/mol. The third kappa shape index (κ3) is 4.07. The van der Waals surface area contributed by atoms with Gasteiger partial charge in [0, 0.05) is 31.0 Å². The van der Waals surface area contributed by atoms with Crippen LogP contribution in [0.4, 0.5) is 11.4 Å². The quantitative estimate of drug-likeness (QED) is 0.888. The maximum atomic E-state index is 12.6. The topological polar surface area (TPSA) is 63.7 Å². The third-order valence-electron chi connectivity index (χ3n) is 4.65. The first kappa shape index (κ1) is 18.0. The van der Waals surface area contributed by atoms with Crippen molar-refractivity contribution in [1.82, 2.24) is 4.98 Å². The number of amides is 1. The van der Waals surface area contributed by atoms with Crippen LogP contribution in [0.1, 0.15) is 30.1 Å². The standard InChI is InChI=1S/C20H25N3O3/c1-14-5-4-8-23(13-14)17-9-15(11-21-12-17)20(24)22-16-6-7-18(25-2)19(10-16)26-3/h6-7,9-12,14H,4-5,8,13H2,1-3H3,(H,22,24). The largest absolute Gasteiger partial charge is 0.493 e. The lowest BCUT2D eigenvalue weighted by molar-refractivity contribution is 0.102. The number of nitrogens with zero attached hydrogens (tertiary/aromatic N) is 2. The number of benzene rings is 1. The van der Waals surface area contributed by atoms with Crippen molar-refractivity contribution >= 4 is 17.3 Å². The molecule has 1 N–H and O–H groups in total. The number of carbonyl (C=O) groups is 1. The Morgan fingerprint density at radius 3 is 2.73 bits per heavy atom. The molecule has 1 atom stereocenters. The number of piperidine rings is 1. The van der Waals surface area contributed by atoms with E-state index < -0.39 is 0 Å². The summed E-state index contributed by atoms with van der Waals surface area (Å²) >= 11 is 0. The van der Waals surface area contributed by atoms with E-state index in [9.17, 15) is 4.79 Å². The Balaban J connectivity index is 1.75. The fourth-order valence-electron chi connectivity index (χ4n) is 3.27. The second-order valence-corrected chi connectivity index (χ2v) is 6.65. The summed E-state index contributed by atoms with van der Waals surface area (Å²) in [6.45, 7) is 4.27. The third-order valence-corrected chi connectivity index (χ3v) is 4.65. The minimum absolute atomic E-state index is 0.198. The SMILES string of the molecule is COc1ccc(NC(=O)c2cncc(N3CCCC(C)C3)c2)cc1OC. The van der Waals surface area contributed by atoms with Crippen molar-refractivity contribution in [3.8, 4) is 11.5 Å². The molecule has 1 aliphatic rings. The van der Waals surface area contributed by atoms with E-state index >= 15 is 0 Å². The van der Waals surface area contributed by atoms with Crippen LogP contribution in [0.2, 0.25) is 0 Å². The highest BCUT2D eigenvalue weighted by Gasteiger charge is 2.18. The van der Waals surface area contributed by atoms with Gasteiger partial charge in [0.05, 0.1) is 31.7 Å². The number of hydrogen-bond acceptors (Lipinski definition) is 5. The smallest absolute Gasteiger partial charge is 0.257 e. The summed E-state index contributed by atoms with van der Waals surface area (Å²) < 4.78 is 10.5. The number of pyridine rings is 1. The molecule has 1 unspecified atom stereocenters. The Kier molecular flexibility index (Phi) is 5.61. The van der Waals surface area contributed by atoms with Gasteiger partial charge in [0.15, 0.2) is 11.5 Å². The normalized spacial score (nSPS) is 16.9. The zero-order valence-corrected chi connectivity index (χ0v) is 15.5. The number of aromatic nitrogens is 1. The molecule has 2 aromatic rings. The van der Waals surface area contributed by atoms with Gasteiger partial charge in [-0.15, -0.1) is 0 Å². The number of ether oxygens (including phenoxy) is 2. The van der Waals surface area contributed by atoms with Crippen LogP contribution in [0.15, 0.2) is 36.7 Å². The summed E-state index contributed by atoms with van der Waals surface area (Å²) in [6.07, 6.45) is 5.84. The highest BCUT2D eigenvalue weighted by molar-refractivity contribution is 6.04. The van der Waals surface area contributed by atoms with Gasteiger partial charge >= 0.3 is 0 Å². The Labute approximate surface area is 154 Å². The van der Waals surface area contributed by atoms with Crippen molar-refractivity contribution < 1.29 is 14.3 Å². The van der Waals surface area contributed by atoms with Gasteiger partial charge in [-0.2, -0.15) is 0 Å². The molecule has 6 nitrogen and oxygen atoms in total. The van der Waals surface area contributed by atoms with Crippen molar-refractivity contribution in [2.45, 2.75) is 19.8 Å². The van der Waals surface area contributed by atoms with Crippen LogP contribution >= 0.6 is 0 Å². The first-order valence-corrected chi connectivity index (χ1v) is 8.84. The average Bonchev–Trinajstić information content (AvgIpc) is 2.68. The highest BCUT2D eigenvalue weighted by atomic mass is 16.5. The van der Waals surface area contributed by atoms with Crippen LogP contribution in [-0.4, -0.2) is 38.2 Å². The summed E-state index contributed by atoms with van der Waals surface area (Å²) in [5.74, 6) is 1.65. The molecule has 0 saturated carbocycles. The number of rotatable bonds is 5. The molecule has 1 aromatic heterocycles. The van der Waals surface area contributed by atoms with Crippen LogP contribution in [0, 0.1) is 5.92 Å². The molecule has 1 aromatic carbocycles. The zero-order valence-electron chi connectivity index (χ0n) is 15.5. The highest BCUT2D eigenvalue weighted by Crippen LogP contribution is 2.30. The van der Waals surface area contributed by atoms with E-state index in [1.54, 1.807) is 38.6 Å². The Hall–Kier alpha value is -2.76. The van der Waals surface area contributed by atoms with Crippen molar-refractivity contribution in [2.75, 3.05) is 37.5 Å². The number of nitrogens with one attached hydrogen (secondary N) is 1. The molecule has 1 aliphatic heterocycles. The summed E-state index contributed by atoms with van der Waals surface area (Å²) in [5, 5.41) is 2.89.